The van der Waals surface area contributed by atoms with Crippen LogP contribution in [0.15, 0.2) is 47.4 Å². The van der Waals surface area contributed by atoms with Crippen LogP contribution in [-0.2, 0) is 21.3 Å². The summed E-state index contributed by atoms with van der Waals surface area (Å²) < 4.78 is 43.7. The van der Waals surface area contributed by atoms with E-state index in [4.69, 9.17) is 14.2 Å². The van der Waals surface area contributed by atoms with Gasteiger partial charge in [0.25, 0.3) is 0 Å². The normalized spacial score (nSPS) is 14.8. The Kier molecular flexibility index (Phi) is 6.20. The van der Waals surface area contributed by atoms with Crippen molar-refractivity contribution in [3.63, 3.8) is 0 Å². The summed E-state index contributed by atoms with van der Waals surface area (Å²) in [5.74, 6) is 0.719. The Morgan fingerprint density at radius 2 is 1.74 bits per heavy atom. The first-order valence-electron chi connectivity index (χ1n) is 8.67. The number of methoxy groups -OCH3 is 2. The third-order valence-electron chi connectivity index (χ3n) is 4.44. The van der Waals surface area contributed by atoms with E-state index in [-0.39, 0.29) is 17.2 Å². The van der Waals surface area contributed by atoms with Crippen molar-refractivity contribution in [1.29, 1.82) is 0 Å². The molecule has 0 aromatic heterocycles. The van der Waals surface area contributed by atoms with E-state index in [1.807, 2.05) is 24.3 Å². The van der Waals surface area contributed by atoms with E-state index >= 15 is 0 Å². The van der Waals surface area contributed by atoms with Crippen molar-refractivity contribution in [2.75, 3.05) is 45.4 Å². The van der Waals surface area contributed by atoms with Crippen LogP contribution in [0.3, 0.4) is 0 Å². The summed E-state index contributed by atoms with van der Waals surface area (Å²) in [6.07, 6.45) is 0. The molecule has 7 nitrogen and oxygen atoms in total. The Bertz CT molecular complexity index is 862. The first kappa shape index (κ1) is 19.5. The number of morpholine rings is 1. The summed E-state index contributed by atoms with van der Waals surface area (Å²) in [5, 5.41) is 0. The fourth-order valence-electron chi connectivity index (χ4n) is 2.90. The minimum atomic E-state index is -3.75. The third kappa shape index (κ3) is 4.71. The van der Waals surface area contributed by atoms with Crippen molar-refractivity contribution in [1.82, 2.24) is 4.72 Å². The minimum Gasteiger partial charge on any atom is -0.497 e. The predicted molar refractivity (Wildman–Crippen MR) is 103 cm³/mol. The molecule has 2 aromatic rings. The average Bonchev–Trinajstić information content (AvgIpc) is 2.73. The highest BCUT2D eigenvalue weighted by atomic mass is 32.2. The maximum Gasteiger partial charge on any atom is 0.244 e. The molecule has 146 valence electrons. The molecule has 0 unspecified atom stereocenters. The van der Waals surface area contributed by atoms with E-state index < -0.39 is 10.0 Å². The number of ether oxygens (including phenoxy) is 3. The first-order valence-corrected chi connectivity index (χ1v) is 10.1. The minimum absolute atomic E-state index is 0.0503. The quantitative estimate of drug-likeness (QED) is 0.777. The van der Waals surface area contributed by atoms with E-state index in [2.05, 4.69) is 9.62 Å². The molecule has 1 heterocycles. The highest BCUT2D eigenvalue weighted by Gasteiger charge is 2.20. The van der Waals surface area contributed by atoms with Gasteiger partial charge in [-0.15, -0.1) is 0 Å². The zero-order valence-corrected chi connectivity index (χ0v) is 16.3. The summed E-state index contributed by atoms with van der Waals surface area (Å²) in [6.45, 7) is 3.36. The van der Waals surface area contributed by atoms with Crippen molar-refractivity contribution >= 4 is 15.7 Å². The molecule has 1 saturated heterocycles. The lowest BCUT2D eigenvalue weighted by atomic mass is 10.2. The second kappa shape index (κ2) is 8.60. The third-order valence-corrected chi connectivity index (χ3v) is 5.86. The van der Waals surface area contributed by atoms with Gasteiger partial charge in [0.1, 0.15) is 16.4 Å². The van der Waals surface area contributed by atoms with Crippen LogP contribution < -0.4 is 19.1 Å². The summed E-state index contributed by atoms with van der Waals surface area (Å²) >= 11 is 0. The number of benzene rings is 2. The van der Waals surface area contributed by atoms with Gasteiger partial charge in [-0.3, -0.25) is 0 Å². The highest BCUT2D eigenvalue weighted by molar-refractivity contribution is 7.89. The molecule has 0 amide bonds. The van der Waals surface area contributed by atoms with Gasteiger partial charge in [0.15, 0.2) is 0 Å². The van der Waals surface area contributed by atoms with Gasteiger partial charge in [-0.2, -0.15) is 0 Å². The van der Waals surface area contributed by atoms with Crippen LogP contribution >= 0.6 is 0 Å². The number of hydrogen-bond donors (Lipinski definition) is 1. The first-order chi connectivity index (χ1) is 13.0. The van der Waals surface area contributed by atoms with Gasteiger partial charge in [-0.25, -0.2) is 13.1 Å². The van der Waals surface area contributed by atoms with Gasteiger partial charge in [-0.05, 0) is 29.8 Å². The summed E-state index contributed by atoms with van der Waals surface area (Å²) in [7, 11) is -0.823. The molecule has 0 aliphatic carbocycles. The van der Waals surface area contributed by atoms with Crippen molar-refractivity contribution in [2.24, 2.45) is 0 Å². The fraction of sp³-hybridized carbons (Fsp3) is 0.368. The van der Waals surface area contributed by atoms with Crippen molar-refractivity contribution in [2.45, 2.75) is 11.4 Å². The predicted octanol–water partition coefficient (Wildman–Crippen LogP) is 2.02. The smallest absolute Gasteiger partial charge is 0.244 e. The zero-order chi connectivity index (χ0) is 19.3. The molecule has 2 aromatic carbocycles. The number of anilines is 1. The molecule has 1 aliphatic rings. The van der Waals surface area contributed by atoms with E-state index in [9.17, 15) is 8.42 Å². The van der Waals surface area contributed by atoms with Gasteiger partial charge in [0.05, 0.1) is 27.4 Å². The summed E-state index contributed by atoms with van der Waals surface area (Å²) in [6, 6.07) is 12.5. The Hall–Kier alpha value is -2.29. The molecular formula is C19H24N2O5S. The van der Waals surface area contributed by atoms with Crippen LogP contribution in [0.25, 0.3) is 0 Å². The standard InChI is InChI=1S/C19H24N2O5S/c1-24-17-7-8-18(25-2)19(13-17)27(22,23)20-14-15-3-5-16(6-4-15)21-9-11-26-12-10-21/h3-8,13,20H,9-12,14H2,1-2H3. The molecule has 1 fully saturated rings. The second-order valence-electron chi connectivity index (χ2n) is 6.11. The molecule has 3 rings (SSSR count). The van der Waals surface area contributed by atoms with Gasteiger partial charge < -0.3 is 19.1 Å². The number of nitrogens with one attached hydrogen (secondary N) is 1. The van der Waals surface area contributed by atoms with Crippen molar-refractivity contribution in [3.8, 4) is 11.5 Å². The topological polar surface area (TPSA) is 77.1 Å². The fourth-order valence-corrected chi connectivity index (χ4v) is 4.10. The Morgan fingerprint density at radius 1 is 1.04 bits per heavy atom. The molecule has 0 bridgehead atoms. The van der Waals surface area contributed by atoms with Crippen LogP contribution in [0.1, 0.15) is 5.56 Å². The lowest BCUT2D eigenvalue weighted by molar-refractivity contribution is 0.122. The number of rotatable bonds is 7. The van der Waals surface area contributed by atoms with Crippen LogP contribution in [-0.4, -0.2) is 48.9 Å². The number of nitrogens with zero attached hydrogens (tertiary/aromatic N) is 1. The van der Waals surface area contributed by atoms with Gasteiger partial charge >= 0.3 is 0 Å². The molecule has 8 heteroatoms. The van der Waals surface area contributed by atoms with Crippen LogP contribution in [0.2, 0.25) is 0 Å². The van der Waals surface area contributed by atoms with Gasteiger partial charge in [-0.1, -0.05) is 12.1 Å². The average molecular weight is 392 g/mol. The lowest BCUT2D eigenvalue weighted by Crippen LogP contribution is -2.36. The molecule has 1 N–H and O–H groups in total. The molecular weight excluding hydrogens is 368 g/mol. The SMILES string of the molecule is COc1ccc(OC)c(S(=O)(=O)NCc2ccc(N3CCOCC3)cc2)c1. The van der Waals surface area contributed by atoms with Crippen LogP contribution in [0.5, 0.6) is 11.5 Å². The van der Waals surface area contributed by atoms with Gasteiger partial charge in [0.2, 0.25) is 10.0 Å². The maximum atomic E-state index is 12.7. The van der Waals surface area contributed by atoms with E-state index in [1.165, 1.54) is 20.3 Å². The second-order valence-corrected chi connectivity index (χ2v) is 7.84. The zero-order valence-electron chi connectivity index (χ0n) is 15.5. The molecule has 0 radical (unpaired) electrons. The molecule has 0 spiro atoms. The van der Waals surface area contributed by atoms with Gasteiger partial charge in [0, 0.05) is 31.4 Å². The monoisotopic (exact) mass is 392 g/mol. The number of hydrogen-bond acceptors (Lipinski definition) is 6. The molecule has 27 heavy (non-hydrogen) atoms. The summed E-state index contributed by atoms with van der Waals surface area (Å²) in [4.78, 5) is 2.30. The van der Waals surface area contributed by atoms with E-state index in [1.54, 1.807) is 12.1 Å². The summed E-state index contributed by atoms with van der Waals surface area (Å²) in [5.41, 5.74) is 1.98. The van der Waals surface area contributed by atoms with E-state index in [0.29, 0.717) is 5.75 Å². The largest absolute Gasteiger partial charge is 0.497 e. The maximum absolute atomic E-state index is 12.7. The molecule has 1 aliphatic heterocycles. The van der Waals surface area contributed by atoms with Crippen LogP contribution in [0.4, 0.5) is 5.69 Å². The lowest BCUT2D eigenvalue weighted by Gasteiger charge is -2.28. The molecule has 0 saturated carbocycles. The van der Waals surface area contributed by atoms with Crippen molar-refractivity contribution in [3.05, 3.63) is 48.0 Å². The Labute approximate surface area is 159 Å². The van der Waals surface area contributed by atoms with Crippen LogP contribution in [0, 0.1) is 0 Å². The van der Waals surface area contributed by atoms with Crippen molar-refractivity contribution < 1.29 is 22.6 Å². The highest BCUT2D eigenvalue weighted by Crippen LogP contribution is 2.28. The number of sulfonamides is 1. The Morgan fingerprint density at radius 3 is 2.37 bits per heavy atom. The van der Waals surface area contributed by atoms with E-state index in [0.717, 1.165) is 37.6 Å². The molecule has 0 atom stereocenters. The Balaban J connectivity index is 1.70.